The summed E-state index contributed by atoms with van der Waals surface area (Å²) in [6.45, 7) is 6.14. The molecule has 2 aromatic carbocycles. The van der Waals surface area contributed by atoms with E-state index in [4.69, 9.17) is 4.74 Å². The van der Waals surface area contributed by atoms with Crippen molar-refractivity contribution in [3.63, 3.8) is 0 Å². The Morgan fingerprint density at radius 1 is 1.07 bits per heavy atom. The van der Waals surface area contributed by atoms with Crippen molar-refractivity contribution in [1.29, 1.82) is 0 Å². The van der Waals surface area contributed by atoms with E-state index in [9.17, 15) is 13.2 Å². The van der Waals surface area contributed by atoms with Crippen LogP contribution in [-0.4, -0.2) is 38.3 Å². The third-order valence-electron chi connectivity index (χ3n) is 4.14. The quantitative estimate of drug-likeness (QED) is 0.750. The van der Waals surface area contributed by atoms with E-state index in [0.717, 1.165) is 11.3 Å². The summed E-state index contributed by atoms with van der Waals surface area (Å²) in [5.74, 6) is 0.596. The van der Waals surface area contributed by atoms with Gasteiger partial charge in [-0.2, -0.15) is 4.31 Å². The summed E-state index contributed by atoms with van der Waals surface area (Å²) in [5.41, 5.74) is 1.42. The molecule has 0 heterocycles. The van der Waals surface area contributed by atoms with Crippen LogP contribution < -0.4 is 10.1 Å². The van der Waals surface area contributed by atoms with Crippen LogP contribution in [-0.2, 0) is 21.2 Å². The number of nitrogens with one attached hydrogen (secondary N) is 1. The molecule has 7 heteroatoms. The molecular formula is C20H26N2O4S. The lowest BCUT2D eigenvalue weighted by molar-refractivity contribution is -0.115. The first kappa shape index (κ1) is 20.9. The summed E-state index contributed by atoms with van der Waals surface area (Å²) >= 11 is 0. The molecular weight excluding hydrogens is 364 g/mol. The Balaban J connectivity index is 2.00. The first-order valence-electron chi connectivity index (χ1n) is 8.83. The number of nitrogens with zero attached hydrogens (tertiary/aromatic N) is 1. The maximum Gasteiger partial charge on any atom is 0.243 e. The molecule has 1 N–H and O–H groups in total. The second-order valence-corrected chi connectivity index (χ2v) is 8.44. The second kappa shape index (κ2) is 9.01. The summed E-state index contributed by atoms with van der Waals surface area (Å²) in [4.78, 5) is 12.4. The summed E-state index contributed by atoms with van der Waals surface area (Å²) < 4.78 is 31.6. The molecule has 1 amide bonds. The van der Waals surface area contributed by atoms with Gasteiger partial charge in [0.2, 0.25) is 15.9 Å². The molecule has 6 nitrogen and oxygen atoms in total. The minimum atomic E-state index is -3.53. The molecule has 0 spiro atoms. The minimum Gasteiger partial charge on any atom is -0.494 e. The number of ether oxygens (including phenoxy) is 1. The molecule has 0 saturated heterocycles. The van der Waals surface area contributed by atoms with Gasteiger partial charge in [-0.25, -0.2) is 8.42 Å². The molecule has 2 rings (SSSR count). The lowest BCUT2D eigenvalue weighted by atomic mass is 10.1. The molecule has 0 atom stereocenters. The third-order valence-corrected chi connectivity index (χ3v) is 6.19. The lowest BCUT2D eigenvalue weighted by Gasteiger charge is -2.21. The first-order chi connectivity index (χ1) is 12.7. The molecule has 0 aliphatic carbocycles. The Morgan fingerprint density at radius 3 is 2.19 bits per heavy atom. The highest BCUT2D eigenvalue weighted by Gasteiger charge is 2.22. The molecule has 0 fully saturated rings. The van der Waals surface area contributed by atoms with Crippen molar-refractivity contribution in [2.75, 3.05) is 19.0 Å². The van der Waals surface area contributed by atoms with Crippen LogP contribution in [0.4, 0.5) is 5.69 Å². The number of sulfonamides is 1. The van der Waals surface area contributed by atoms with Crippen molar-refractivity contribution in [2.24, 2.45) is 0 Å². The summed E-state index contributed by atoms with van der Waals surface area (Å²) in [6.07, 6.45) is 0.225. The fourth-order valence-corrected chi connectivity index (χ4v) is 3.78. The lowest BCUT2D eigenvalue weighted by Crippen LogP contribution is -2.33. The summed E-state index contributed by atoms with van der Waals surface area (Å²) in [5, 5.41) is 2.78. The number of hydrogen-bond donors (Lipinski definition) is 1. The summed E-state index contributed by atoms with van der Waals surface area (Å²) in [7, 11) is -1.98. The van der Waals surface area contributed by atoms with Crippen LogP contribution in [0.25, 0.3) is 0 Å². The zero-order valence-corrected chi connectivity index (χ0v) is 16.9. The molecule has 27 heavy (non-hydrogen) atoms. The van der Waals surface area contributed by atoms with Gasteiger partial charge in [-0.3, -0.25) is 4.79 Å². The van der Waals surface area contributed by atoms with Crippen molar-refractivity contribution in [1.82, 2.24) is 4.31 Å². The van der Waals surface area contributed by atoms with Crippen LogP contribution in [0.2, 0.25) is 0 Å². The van der Waals surface area contributed by atoms with Gasteiger partial charge in [-0.05, 0) is 62.7 Å². The van der Waals surface area contributed by atoms with E-state index in [-0.39, 0.29) is 23.3 Å². The average molecular weight is 391 g/mol. The monoisotopic (exact) mass is 390 g/mol. The largest absolute Gasteiger partial charge is 0.494 e. The van der Waals surface area contributed by atoms with E-state index in [2.05, 4.69) is 5.32 Å². The van der Waals surface area contributed by atoms with Crippen LogP contribution in [0.3, 0.4) is 0 Å². The van der Waals surface area contributed by atoms with E-state index in [1.807, 2.05) is 45.0 Å². The highest BCUT2D eigenvalue weighted by atomic mass is 32.2. The minimum absolute atomic E-state index is 0.136. The molecule has 0 aliphatic heterocycles. The Morgan fingerprint density at radius 2 is 1.67 bits per heavy atom. The Bertz CT molecular complexity index is 860. The second-order valence-electron chi connectivity index (χ2n) is 6.44. The molecule has 0 aromatic heterocycles. The van der Waals surface area contributed by atoms with Gasteiger partial charge in [0.25, 0.3) is 0 Å². The maximum absolute atomic E-state index is 12.5. The molecule has 0 radical (unpaired) electrons. The van der Waals surface area contributed by atoms with Crippen molar-refractivity contribution >= 4 is 21.6 Å². The van der Waals surface area contributed by atoms with E-state index in [1.165, 1.54) is 16.4 Å². The molecule has 0 aliphatic rings. The van der Waals surface area contributed by atoms with Gasteiger partial charge in [0.15, 0.2) is 0 Å². The topological polar surface area (TPSA) is 75.7 Å². The van der Waals surface area contributed by atoms with Crippen molar-refractivity contribution in [3.05, 3.63) is 54.1 Å². The molecule has 146 valence electrons. The number of carbonyl (C=O) groups is 1. The van der Waals surface area contributed by atoms with Crippen LogP contribution in [0.1, 0.15) is 26.3 Å². The van der Waals surface area contributed by atoms with E-state index in [1.54, 1.807) is 19.2 Å². The Hall–Kier alpha value is -2.38. The van der Waals surface area contributed by atoms with Crippen LogP contribution >= 0.6 is 0 Å². The normalized spacial score (nSPS) is 11.6. The van der Waals surface area contributed by atoms with Gasteiger partial charge in [0, 0.05) is 18.8 Å². The number of amides is 1. The van der Waals surface area contributed by atoms with Gasteiger partial charge in [-0.15, -0.1) is 0 Å². The number of anilines is 1. The maximum atomic E-state index is 12.5. The number of benzene rings is 2. The van der Waals surface area contributed by atoms with Gasteiger partial charge in [0.1, 0.15) is 5.75 Å². The Labute approximate surface area is 161 Å². The zero-order chi connectivity index (χ0) is 20.0. The molecule has 0 unspecified atom stereocenters. The van der Waals surface area contributed by atoms with Crippen molar-refractivity contribution < 1.29 is 17.9 Å². The van der Waals surface area contributed by atoms with Crippen LogP contribution in [0.15, 0.2) is 53.4 Å². The van der Waals surface area contributed by atoms with Gasteiger partial charge in [0.05, 0.1) is 17.9 Å². The van der Waals surface area contributed by atoms with E-state index in [0.29, 0.717) is 12.3 Å². The number of rotatable bonds is 8. The van der Waals surface area contributed by atoms with Crippen molar-refractivity contribution in [2.45, 2.75) is 38.1 Å². The molecule has 2 aromatic rings. The Kier molecular flexibility index (Phi) is 6.98. The van der Waals surface area contributed by atoms with Gasteiger partial charge >= 0.3 is 0 Å². The predicted octanol–water partition coefficient (Wildman–Crippen LogP) is 3.30. The van der Waals surface area contributed by atoms with E-state index < -0.39 is 10.0 Å². The highest BCUT2D eigenvalue weighted by molar-refractivity contribution is 7.89. The number of carbonyl (C=O) groups excluding carboxylic acids is 1. The standard InChI is InChI=1S/C20H26N2O4S/c1-5-26-18-10-6-16(7-11-18)14-20(23)21-17-8-12-19(13-9-17)27(24,25)22(4)15(2)3/h6-13,15H,5,14H2,1-4H3,(H,21,23). The molecule has 0 bridgehead atoms. The van der Waals surface area contributed by atoms with Gasteiger partial charge < -0.3 is 10.1 Å². The smallest absolute Gasteiger partial charge is 0.243 e. The van der Waals surface area contributed by atoms with Crippen molar-refractivity contribution in [3.8, 4) is 5.75 Å². The fourth-order valence-electron chi connectivity index (χ4n) is 2.41. The van der Waals surface area contributed by atoms with Crippen LogP contribution in [0, 0.1) is 0 Å². The zero-order valence-electron chi connectivity index (χ0n) is 16.1. The SMILES string of the molecule is CCOc1ccc(CC(=O)Nc2ccc(S(=O)(=O)N(C)C(C)C)cc2)cc1. The summed E-state index contributed by atoms with van der Waals surface area (Å²) in [6, 6.07) is 13.4. The first-order valence-corrected chi connectivity index (χ1v) is 10.3. The predicted molar refractivity (Wildman–Crippen MR) is 106 cm³/mol. The van der Waals surface area contributed by atoms with E-state index >= 15 is 0 Å². The third kappa shape index (κ3) is 5.55. The fraction of sp³-hybridized carbons (Fsp3) is 0.350. The van der Waals surface area contributed by atoms with Gasteiger partial charge in [-0.1, -0.05) is 12.1 Å². The van der Waals surface area contributed by atoms with Crippen LogP contribution in [0.5, 0.6) is 5.75 Å². The average Bonchev–Trinajstić information content (AvgIpc) is 2.63. The molecule has 0 saturated carbocycles. The highest BCUT2D eigenvalue weighted by Crippen LogP contribution is 2.19. The number of hydrogen-bond acceptors (Lipinski definition) is 4.